The summed E-state index contributed by atoms with van der Waals surface area (Å²) in [5, 5.41) is 0. The summed E-state index contributed by atoms with van der Waals surface area (Å²) in [5.74, 6) is -0.302. The quantitative estimate of drug-likeness (QED) is 0.566. The van der Waals surface area contributed by atoms with Crippen LogP contribution in [-0.2, 0) is 19.9 Å². The van der Waals surface area contributed by atoms with Crippen LogP contribution in [0.1, 0.15) is 23.6 Å². The smallest absolute Gasteiger partial charge is 0.338 e. The van der Waals surface area contributed by atoms with Crippen LogP contribution in [0.15, 0.2) is 18.2 Å². The summed E-state index contributed by atoms with van der Waals surface area (Å²) < 4.78 is 10.2. The van der Waals surface area contributed by atoms with Crippen LogP contribution in [0.5, 0.6) is 0 Å². The molecule has 0 bridgehead atoms. The molecule has 3 heteroatoms. The average molecular weight is 220 g/mol. The monoisotopic (exact) mass is 220 g/mol. The standard InChI is InChI=1S/C13H16O3/c1-8-5-6-9(2)10(7-8)13(3)11(16-13)12(14)15-4/h5-7,11H,1-4H3. The van der Waals surface area contributed by atoms with Crippen molar-refractivity contribution in [2.75, 3.05) is 7.11 Å². The summed E-state index contributed by atoms with van der Waals surface area (Å²) in [7, 11) is 1.38. The molecule has 86 valence electrons. The number of hydrogen-bond donors (Lipinski definition) is 0. The topological polar surface area (TPSA) is 38.8 Å². The van der Waals surface area contributed by atoms with Gasteiger partial charge in [-0.25, -0.2) is 4.79 Å². The maximum atomic E-state index is 11.4. The summed E-state index contributed by atoms with van der Waals surface area (Å²) in [6.07, 6.45) is -0.460. The van der Waals surface area contributed by atoms with E-state index in [0.717, 1.165) is 11.1 Å². The van der Waals surface area contributed by atoms with Crippen LogP contribution in [0.25, 0.3) is 0 Å². The zero-order valence-corrected chi connectivity index (χ0v) is 10.0. The van der Waals surface area contributed by atoms with Gasteiger partial charge in [0, 0.05) is 0 Å². The molecule has 1 heterocycles. The molecule has 0 radical (unpaired) electrons. The fourth-order valence-electron chi connectivity index (χ4n) is 2.07. The second-order valence-corrected chi connectivity index (χ2v) is 4.45. The highest BCUT2D eigenvalue weighted by atomic mass is 16.6. The molecule has 2 atom stereocenters. The van der Waals surface area contributed by atoms with E-state index in [1.54, 1.807) is 0 Å². The van der Waals surface area contributed by atoms with Gasteiger partial charge in [0.05, 0.1) is 7.11 Å². The van der Waals surface area contributed by atoms with Gasteiger partial charge in [-0.2, -0.15) is 0 Å². The highest BCUT2D eigenvalue weighted by Crippen LogP contribution is 2.47. The van der Waals surface area contributed by atoms with Crippen LogP contribution in [-0.4, -0.2) is 19.2 Å². The second-order valence-electron chi connectivity index (χ2n) is 4.45. The molecule has 1 aromatic rings. The van der Waals surface area contributed by atoms with Crippen molar-refractivity contribution >= 4 is 5.97 Å². The van der Waals surface area contributed by atoms with Gasteiger partial charge in [-0.05, 0) is 31.9 Å². The molecule has 2 unspecified atom stereocenters. The van der Waals surface area contributed by atoms with Gasteiger partial charge < -0.3 is 9.47 Å². The molecule has 16 heavy (non-hydrogen) atoms. The SMILES string of the molecule is COC(=O)C1OC1(C)c1cc(C)ccc1C. The lowest BCUT2D eigenvalue weighted by molar-refractivity contribution is -0.142. The first-order valence-corrected chi connectivity index (χ1v) is 5.32. The number of carbonyl (C=O) groups excluding carboxylic acids is 1. The lowest BCUT2D eigenvalue weighted by Crippen LogP contribution is -2.18. The molecule has 2 rings (SSSR count). The van der Waals surface area contributed by atoms with Crippen LogP contribution in [0, 0.1) is 13.8 Å². The molecule has 3 nitrogen and oxygen atoms in total. The lowest BCUT2D eigenvalue weighted by Gasteiger charge is -2.11. The van der Waals surface area contributed by atoms with E-state index in [1.165, 1.54) is 12.7 Å². The van der Waals surface area contributed by atoms with Crippen LogP contribution < -0.4 is 0 Å². The summed E-state index contributed by atoms with van der Waals surface area (Å²) in [6.45, 7) is 5.98. The van der Waals surface area contributed by atoms with Crippen molar-refractivity contribution in [1.29, 1.82) is 0 Å². The Hall–Kier alpha value is -1.35. The number of aryl methyl sites for hydroxylation is 2. The Morgan fingerprint density at radius 2 is 2.12 bits per heavy atom. The van der Waals surface area contributed by atoms with E-state index in [1.807, 2.05) is 26.8 Å². The van der Waals surface area contributed by atoms with E-state index in [0.29, 0.717) is 0 Å². The van der Waals surface area contributed by atoms with E-state index >= 15 is 0 Å². The van der Waals surface area contributed by atoms with Gasteiger partial charge >= 0.3 is 5.97 Å². The van der Waals surface area contributed by atoms with Crippen LogP contribution >= 0.6 is 0 Å². The van der Waals surface area contributed by atoms with E-state index < -0.39 is 11.7 Å². The molecule has 1 fully saturated rings. The van der Waals surface area contributed by atoms with E-state index in [4.69, 9.17) is 9.47 Å². The lowest BCUT2D eigenvalue weighted by atomic mass is 9.92. The number of esters is 1. The zero-order valence-electron chi connectivity index (χ0n) is 10.0. The number of methoxy groups -OCH3 is 1. The summed E-state index contributed by atoms with van der Waals surface area (Å²) >= 11 is 0. The first-order valence-electron chi connectivity index (χ1n) is 5.32. The molecule has 0 N–H and O–H groups in total. The van der Waals surface area contributed by atoms with Crippen molar-refractivity contribution in [1.82, 2.24) is 0 Å². The minimum absolute atomic E-state index is 0.302. The Bertz CT molecular complexity index is 439. The number of carbonyl (C=O) groups is 1. The number of ether oxygens (including phenoxy) is 2. The summed E-state index contributed by atoms with van der Waals surface area (Å²) in [6, 6.07) is 6.17. The highest BCUT2D eigenvalue weighted by molar-refractivity contribution is 5.79. The molecule has 1 aliphatic heterocycles. The van der Waals surface area contributed by atoms with Crippen molar-refractivity contribution in [2.24, 2.45) is 0 Å². The maximum Gasteiger partial charge on any atom is 0.338 e. The van der Waals surface area contributed by atoms with Crippen molar-refractivity contribution in [3.05, 3.63) is 34.9 Å². The van der Waals surface area contributed by atoms with Gasteiger partial charge in [0.15, 0.2) is 6.10 Å². The molecular weight excluding hydrogens is 204 g/mol. The third-order valence-corrected chi connectivity index (χ3v) is 3.15. The van der Waals surface area contributed by atoms with E-state index in [-0.39, 0.29) is 5.97 Å². The first-order chi connectivity index (χ1) is 7.49. The first kappa shape index (κ1) is 11.1. The molecular formula is C13H16O3. The Balaban J connectivity index is 2.33. The summed E-state index contributed by atoms with van der Waals surface area (Å²) in [5.41, 5.74) is 2.87. The van der Waals surface area contributed by atoms with Crippen LogP contribution in [0.4, 0.5) is 0 Å². The molecule has 0 aliphatic carbocycles. The van der Waals surface area contributed by atoms with Crippen molar-refractivity contribution in [3.63, 3.8) is 0 Å². The predicted molar refractivity (Wildman–Crippen MR) is 60.2 cm³/mol. The minimum atomic E-state index is -0.511. The molecule has 0 spiro atoms. The normalized spacial score (nSPS) is 27.6. The van der Waals surface area contributed by atoms with E-state index in [9.17, 15) is 4.79 Å². The van der Waals surface area contributed by atoms with Crippen LogP contribution in [0.3, 0.4) is 0 Å². The summed E-state index contributed by atoms with van der Waals surface area (Å²) in [4.78, 5) is 11.4. The van der Waals surface area contributed by atoms with Gasteiger partial charge in [0.2, 0.25) is 0 Å². The Kier molecular flexibility index (Phi) is 2.50. The van der Waals surface area contributed by atoms with E-state index in [2.05, 4.69) is 12.1 Å². The van der Waals surface area contributed by atoms with Gasteiger partial charge in [0.25, 0.3) is 0 Å². The van der Waals surface area contributed by atoms with Crippen molar-refractivity contribution in [3.8, 4) is 0 Å². The molecule has 1 saturated heterocycles. The van der Waals surface area contributed by atoms with Gasteiger partial charge in [0.1, 0.15) is 5.60 Å². The van der Waals surface area contributed by atoms with Crippen molar-refractivity contribution in [2.45, 2.75) is 32.5 Å². The number of rotatable bonds is 2. The molecule has 0 saturated carbocycles. The zero-order chi connectivity index (χ0) is 11.9. The van der Waals surface area contributed by atoms with Gasteiger partial charge in [-0.15, -0.1) is 0 Å². The Labute approximate surface area is 95.4 Å². The number of epoxide rings is 1. The average Bonchev–Trinajstić information content (AvgIpc) is 2.94. The predicted octanol–water partition coefficient (Wildman–Crippen LogP) is 2.09. The number of benzene rings is 1. The Morgan fingerprint density at radius 1 is 1.44 bits per heavy atom. The minimum Gasteiger partial charge on any atom is -0.467 e. The molecule has 1 aliphatic rings. The number of hydrogen-bond acceptors (Lipinski definition) is 3. The molecule has 0 aromatic heterocycles. The Morgan fingerprint density at radius 3 is 2.75 bits per heavy atom. The van der Waals surface area contributed by atoms with Gasteiger partial charge in [-0.1, -0.05) is 23.8 Å². The van der Waals surface area contributed by atoms with Gasteiger partial charge in [-0.3, -0.25) is 0 Å². The highest BCUT2D eigenvalue weighted by Gasteiger charge is 2.59. The second kappa shape index (κ2) is 3.59. The van der Waals surface area contributed by atoms with Crippen LogP contribution in [0.2, 0.25) is 0 Å². The fraction of sp³-hybridized carbons (Fsp3) is 0.462. The largest absolute Gasteiger partial charge is 0.467 e. The molecule has 0 amide bonds. The maximum absolute atomic E-state index is 11.4. The third-order valence-electron chi connectivity index (χ3n) is 3.15. The fourth-order valence-corrected chi connectivity index (χ4v) is 2.07. The molecule has 1 aromatic carbocycles. The van der Waals surface area contributed by atoms with Crippen molar-refractivity contribution < 1.29 is 14.3 Å². The third kappa shape index (κ3) is 1.61.